The van der Waals surface area contributed by atoms with Gasteiger partial charge in [0.05, 0.1) is 40.0 Å². The van der Waals surface area contributed by atoms with E-state index in [0.29, 0.717) is 19.6 Å². The summed E-state index contributed by atoms with van der Waals surface area (Å²) in [5.41, 5.74) is 1.55. The summed E-state index contributed by atoms with van der Waals surface area (Å²) in [4.78, 5) is 46.8. The molecule has 15 heteroatoms. The molecule has 13 nitrogen and oxygen atoms in total. The molecule has 0 bridgehead atoms. The lowest BCUT2D eigenvalue weighted by molar-refractivity contribution is -0.128. The Morgan fingerprint density at radius 2 is 1.76 bits per heavy atom. The van der Waals surface area contributed by atoms with Gasteiger partial charge < -0.3 is 30.6 Å². The first-order chi connectivity index (χ1) is 23.6. The number of carbonyl (C=O) groups is 3. The van der Waals surface area contributed by atoms with Crippen molar-refractivity contribution in [2.45, 2.75) is 77.6 Å². The number of hydrogen-bond acceptors (Lipinski definition) is 9. The van der Waals surface area contributed by atoms with Gasteiger partial charge in [-0.25, -0.2) is 18.2 Å². The number of anilines is 1. The van der Waals surface area contributed by atoms with E-state index in [2.05, 4.69) is 15.6 Å². The molecule has 272 valence electrons. The van der Waals surface area contributed by atoms with Crippen molar-refractivity contribution < 1.29 is 33.0 Å². The molecule has 3 atom stereocenters. The first-order valence-corrected chi connectivity index (χ1v) is 19.0. The maximum atomic E-state index is 14.1. The van der Waals surface area contributed by atoms with Crippen LogP contribution in [0.25, 0.3) is 0 Å². The molecule has 1 aromatic heterocycles. The maximum absolute atomic E-state index is 14.1. The van der Waals surface area contributed by atoms with Crippen LogP contribution in [0.2, 0.25) is 0 Å². The van der Waals surface area contributed by atoms with E-state index < -0.39 is 40.0 Å². The molecule has 0 spiro atoms. The van der Waals surface area contributed by atoms with Crippen molar-refractivity contribution in [2.24, 2.45) is 11.8 Å². The quantitative estimate of drug-likeness (QED) is 0.161. The molecular formula is C35H48N6O7S2. The van der Waals surface area contributed by atoms with Crippen molar-refractivity contribution >= 4 is 44.9 Å². The zero-order valence-corrected chi connectivity index (χ0v) is 31.0. The van der Waals surface area contributed by atoms with E-state index in [0.717, 1.165) is 20.6 Å². The number of nitrogens with one attached hydrogen (secondary N) is 2. The maximum Gasteiger partial charge on any atom is 0.321 e. The minimum atomic E-state index is -4.25. The van der Waals surface area contributed by atoms with Crippen LogP contribution in [0.5, 0.6) is 5.75 Å². The monoisotopic (exact) mass is 728 g/mol. The van der Waals surface area contributed by atoms with Gasteiger partial charge in [-0.1, -0.05) is 58.0 Å². The number of carbonyl (C=O) groups excluding carboxylic acids is 3. The first-order valence-electron chi connectivity index (χ1n) is 16.7. The average molecular weight is 729 g/mol. The number of aliphatic hydroxyl groups is 1. The molecule has 1 fully saturated rings. The van der Waals surface area contributed by atoms with Gasteiger partial charge in [0.1, 0.15) is 11.8 Å². The fourth-order valence-corrected chi connectivity index (χ4v) is 8.29. The lowest BCUT2D eigenvalue weighted by Crippen LogP contribution is -2.57. The Morgan fingerprint density at radius 1 is 1.06 bits per heavy atom. The SMILES string of the molecule is CC(=O)Nc1cc(S(=O)(=O)N(CC(C)C)C[C@@H](O)[C@H](Cc2ccccc2)NC(=O)[C@H](C(C)C)N2CCN(Cc3csc(C)n3)C2=O)ccc1O. The highest BCUT2D eigenvalue weighted by Crippen LogP contribution is 2.29. The molecule has 0 radical (unpaired) electrons. The summed E-state index contributed by atoms with van der Waals surface area (Å²) in [6.45, 7) is 11.4. The van der Waals surface area contributed by atoms with Crippen LogP contribution in [-0.2, 0) is 32.6 Å². The second kappa shape index (κ2) is 16.8. The van der Waals surface area contributed by atoms with Gasteiger partial charge in [0.15, 0.2) is 0 Å². The summed E-state index contributed by atoms with van der Waals surface area (Å²) in [7, 11) is -4.25. The third-order valence-corrected chi connectivity index (χ3v) is 11.0. The lowest BCUT2D eigenvalue weighted by Gasteiger charge is -2.34. The number of sulfonamides is 1. The molecule has 2 aromatic carbocycles. The second-order valence-corrected chi connectivity index (χ2v) is 16.4. The predicted molar refractivity (Wildman–Crippen MR) is 192 cm³/mol. The third-order valence-electron chi connectivity index (χ3n) is 8.35. The standard InChI is InChI=1S/C35H48N6O7S2/c1-22(2)18-40(50(47,48)28-12-13-31(43)30(17-28)36-24(5)42)20-32(44)29(16-26-10-8-7-9-11-26)38-34(45)33(23(3)4)41-15-14-39(35(41)46)19-27-21-49-25(6)37-27/h7-13,17,21-23,29,32-33,43-44H,14-16,18-20H2,1-6H3,(H,36,42)(H,38,45)/t29-,32+,33-/m0/s1. The molecule has 1 aliphatic rings. The van der Waals surface area contributed by atoms with E-state index in [4.69, 9.17) is 0 Å². The fraction of sp³-hybridized carbons (Fsp3) is 0.486. The molecule has 3 aromatic rings. The molecule has 4 rings (SSSR count). The lowest BCUT2D eigenvalue weighted by atomic mass is 9.97. The summed E-state index contributed by atoms with van der Waals surface area (Å²) in [5, 5.41) is 30.2. The van der Waals surface area contributed by atoms with Crippen LogP contribution in [0.15, 0.2) is 58.8 Å². The molecule has 4 N–H and O–H groups in total. The number of hydrogen-bond donors (Lipinski definition) is 4. The van der Waals surface area contributed by atoms with Crippen molar-refractivity contribution in [3.8, 4) is 5.75 Å². The van der Waals surface area contributed by atoms with Crippen LogP contribution in [0.4, 0.5) is 10.5 Å². The number of amides is 4. The van der Waals surface area contributed by atoms with Crippen LogP contribution in [0.1, 0.15) is 50.9 Å². The van der Waals surface area contributed by atoms with E-state index >= 15 is 0 Å². The fourth-order valence-electron chi connectivity index (χ4n) is 6.03. The highest BCUT2D eigenvalue weighted by molar-refractivity contribution is 7.89. The van der Waals surface area contributed by atoms with Crippen LogP contribution >= 0.6 is 11.3 Å². The van der Waals surface area contributed by atoms with E-state index in [1.807, 2.05) is 70.3 Å². The number of phenolic OH excluding ortho intramolecular Hbond substituents is 1. The number of aromatic nitrogens is 1. The van der Waals surface area contributed by atoms with Gasteiger partial charge >= 0.3 is 6.03 Å². The molecule has 1 saturated heterocycles. The van der Waals surface area contributed by atoms with Gasteiger partial charge in [-0.2, -0.15) is 4.31 Å². The van der Waals surface area contributed by atoms with Crippen molar-refractivity contribution in [1.29, 1.82) is 0 Å². The van der Waals surface area contributed by atoms with Crippen molar-refractivity contribution in [3.05, 3.63) is 70.2 Å². The number of urea groups is 1. The second-order valence-electron chi connectivity index (χ2n) is 13.4. The van der Waals surface area contributed by atoms with Crippen LogP contribution in [0.3, 0.4) is 0 Å². The van der Waals surface area contributed by atoms with Gasteiger partial charge in [-0.05, 0) is 48.9 Å². The van der Waals surface area contributed by atoms with Gasteiger partial charge in [0, 0.05) is 38.5 Å². The molecule has 1 aliphatic heterocycles. The first kappa shape index (κ1) is 38.7. The number of aromatic hydroxyl groups is 1. The van der Waals surface area contributed by atoms with Crippen LogP contribution in [0, 0.1) is 18.8 Å². The number of rotatable bonds is 16. The van der Waals surface area contributed by atoms with E-state index in [9.17, 15) is 33.0 Å². The van der Waals surface area contributed by atoms with E-state index in [-0.39, 0.29) is 53.7 Å². The Balaban J connectivity index is 1.59. The Labute approximate surface area is 298 Å². The summed E-state index contributed by atoms with van der Waals surface area (Å²) >= 11 is 1.51. The smallest absolute Gasteiger partial charge is 0.321 e. The molecule has 50 heavy (non-hydrogen) atoms. The minimum Gasteiger partial charge on any atom is -0.506 e. The summed E-state index contributed by atoms with van der Waals surface area (Å²) < 4.78 is 29.2. The third kappa shape index (κ3) is 9.80. The number of benzene rings is 2. The van der Waals surface area contributed by atoms with Crippen LogP contribution < -0.4 is 10.6 Å². The summed E-state index contributed by atoms with van der Waals surface area (Å²) in [5.74, 6) is -1.62. The molecule has 0 unspecified atom stereocenters. The van der Waals surface area contributed by atoms with Crippen molar-refractivity contribution in [3.63, 3.8) is 0 Å². The molecular weight excluding hydrogens is 681 g/mol. The van der Waals surface area contributed by atoms with Gasteiger partial charge in [0.25, 0.3) is 0 Å². The highest BCUT2D eigenvalue weighted by Gasteiger charge is 2.40. The molecule has 0 saturated carbocycles. The Hall–Kier alpha value is -4.05. The molecule has 0 aliphatic carbocycles. The molecule has 4 amide bonds. The Morgan fingerprint density at radius 3 is 2.36 bits per heavy atom. The summed E-state index contributed by atoms with van der Waals surface area (Å²) in [6.07, 6.45) is -1.16. The number of thiazole rings is 1. The minimum absolute atomic E-state index is 0.0486. The zero-order valence-electron chi connectivity index (χ0n) is 29.4. The zero-order chi connectivity index (χ0) is 36.7. The largest absolute Gasteiger partial charge is 0.506 e. The highest BCUT2D eigenvalue weighted by atomic mass is 32.2. The van der Waals surface area contributed by atoms with Gasteiger partial charge in [-0.15, -0.1) is 11.3 Å². The topological polar surface area (TPSA) is 172 Å². The van der Waals surface area contributed by atoms with E-state index in [1.165, 1.54) is 36.5 Å². The normalized spacial score (nSPS) is 15.5. The van der Waals surface area contributed by atoms with Crippen molar-refractivity contribution in [1.82, 2.24) is 24.4 Å². The number of nitrogens with zero attached hydrogens (tertiary/aromatic N) is 4. The molecule has 2 heterocycles. The van der Waals surface area contributed by atoms with Crippen molar-refractivity contribution in [2.75, 3.05) is 31.5 Å². The Bertz CT molecular complexity index is 1750. The number of aliphatic hydroxyl groups excluding tert-OH is 1. The number of aryl methyl sites for hydroxylation is 1. The predicted octanol–water partition coefficient (Wildman–Crippen LogP) is 3.81. The van der Waals surface area contributed by atoms with Gasteiger partial charge in [0.2, 0.25) is 21.8 Å². The number of phenols is 1. The average Bonchev–Trinajstić information content (AvgIpc) is 3.61. The Kier molecular flexibility index (Phi) is 13.0. The summed E-state index contributed by atoms with van der Waals surface area (Å²) in [6, 6.07) is 10.8. The van der Waals surface area contributed by atoms with Crippen LogP contribution in [-0.4, -0.2) is 99.9 Å². The van der Waals surface area contributed by atoms with E-state index in [1.54, 1.807) is 9.80 Å². The van der Waals surface area contributed by atoms with Gasteiger partial charge in [-0.3, -0.25) is 9.59 Å².